The third-order valence-corrected chi connectivity index (χ3v) is 3.93. The number of nitrogens with one attached hydrogen (secondary N) is 1. The summed E-state index contributed by atoms with van der Waals surface area (Å²) in [5.74, 6) is 1.64. The number of aryl methyl sites for hydroxylation is 2. The standard InChI is InChI=1S/C13H16BrN3S/c1-8(6-11-5-4-9(2)18-11)15-13-7-12(14)16-10(3)17-13/h4-5,7-8H,6H2,1-3H3,(H,15,16,17). The van der Waals surface area contributed by atoms with E-state index in [2.05, 4.69) is 57.2 Å². The van der Waals surface area contributed by atoms with Gasteiger partial charge in [0.25, 0.3) is 0 Å². The van der Waals surface area contributed by atoms with Gasteiger partial charge in [0, 0.05) is 28.3 Å². The molecule has 0 saturated carbocycles. The molecule has 1 atom stereocenters. The summed E-state index contributed by atoms with van der Waals surface area (Å²) in [5, 5.41) is 3.41. The molecular weight excluding hydrogens is 310 g/mol. The molecule has 2 rings (SSSR count). The Hall–Kier alpha value is -0.940. The first-order valence-corrected chi connectivity index (χ1v) is 7.47. The highest BCUT2D eigenvalue weighted by molar-refractivity contribution is 9.10. The van der Waals surface area contributed by atoms with Crippen LogP contribution < -0.4 is 5.32 Å². The molecule has 96 valence electrons. The first-order chi connectivity index (χ1) is 8.52. The summed E-state index contributed by atoms with van der Waals surface area (Å²) in [6.45, 7) is 6.20. The molecule has 2 aromatic heterocycles. The monoisotopic (exact) mass is 325 g/mol. The maximum atomic E-state index is 4.37. The van der Waals surface area contributed by atoms with E-state index < -0.39 is 0 Å². The SMILES string of the molecule is Cc1nc(Br)cc(NC(C)Cc2ccc(C)s2)n1. The van der Waals surface area contributed by atoms with Crippen LogP contribution >= 0.6 is 27.3 Å². The lowest BCUT2D eigenvalue weighted by molar-refractivity contribution is 0.791. The Labute approximate surface area is 120 Å². The van der Waals surface area contributed by atoms with Crippen molar-refractivity contribution in [2.24, 2.45) is 0 Å². The van der Waals surface area contributed by atoms with Crippen LogP contribution in [0.4, 0.5) is 5.82 Å². The second-order valence-electron chi connectivity index (χ2n) is 4.38. The van der Waals surface area contributed by atoms with Crippen molar-refractivity contribution in [1.29, 1.82) is 0 Å². The van der Waals surface area contributed by atoms with Crippen LogP contribution in [-0.2, 0) is 6.42 Å². The van der Waals surface area contributed by atoms with Crippen LogP contribution in [0.2, 0.25) is 0 Å². The number of hydrogen-bond donors (Lipinski definition) is 1. The third kappa shape index (κ3) is 3.78. The lowest BCUT2D eigenvalue weighted by Gasteiger charge is -2.14. The summed E-state index contributed by atoms with van der Waals surface area (Å²) in [6.07, 6.45) is 1.01. The smallest absolute Gasteiger partial charge is 0.131 e. The third-order valence-electron chi connectivity index (χ3n) is 2.50. The van der Waals surface area contributed by atoms with E-state index in [4.69, 9.17) is 0 Å². The van der Waals surface area contributed by atoms with Gasteiger partial charge in [0.15, 0.2) is 0 Å². The molecule has 0 spiro atoms. The van der Waals surface area contributed by atoms with Crippen LogP contribution in [0.1, 0.15) is 22.5 Å². The Balaban J connectivity index is 2.00. The molecule has 0 aromatic carbocycles. The average Bonchev–Trinajstić information content (AvgIpc) is 2.61. The fourth-order valence-corrected chi connectivity index (χ4v) is 3.30. The quantitative estimate of drug-likeness (QED) is 0.864. The number of nitrogens with zero attached hydrogens (tertiary/aromatic N) is 2. The van der Waals surface area contributed by atoms with E-state index in [1.54, 1.807) is 0 Å². The first kappa shape index (κ1) is 13.5. The van der Waals surface area contributed by atoms with Gasteiger partial charge in [-0.15, -0.1) is 11.3 Å². The van der Waals surface area contributed by atoms with E-state index in [9.17, 15) is 0 Å². The first-order valence-electron chi connectivity index (χ1n) is 5.86. The molecule has 0 aliphatic rings. The van der Waals surface area contributed by atoms with Gasteiger partial charge in [0.2, 0.25) is 0 Å². The fraction of sp³-hybridized carbons (Fsp3) is 0.385. The molecule has 2 heterocycles. The van der Waals surface area contributed by atoms with Crippen LogP contribution in [0.15, 0.2) is 22.8 Å². The molecule has 0 aliphatic heterocycles. The van der Waals surface area contributed by atoms with Gasteiger partial charge in [0.05, 0.1) is 0 Å². The summed E-state index contributed by atoms with van der Waals surface area (Å²) >= 11 is 5.23. The molecule has 0 saturated heterocycles. The Bertz CT molecular complexity index is 519. The maximum Gasteiger partial charge on any atom is 0.131 e. The number of hydrogen-bond acceptors (Lipinski definition) is 4. The molecule has 1 unspecified atom stereocenters. The molecule has 1 N–H and O–H groups in total. The van der Waals surface area contributed by atoms with Gasteiger partial charge in [0.1, 0.15) is 16.2 Å². The number of rotatable bonds is 4. The minimum atomic E-state index is 0.351. The molecule has 0 bridgehead atoms. The lowest BCUT2D eigenvalue weighted by Crippen LogP contribution is -2.18. The number of aromatic nitrogens is 2. The Morgan fingerprint density at radius 2 is 2.11 bits per heavy atom. The summed E-state index contributed by atoms with van der Waals surface area (Å²) in [6, 6.07) is 6.62. The second kappa shape index (κ2) is 5.80. The normalized spacial score (nSPS) is 12.4. The predicted octanol–water partition coefficient (Wildman–Crippen LogP) is 3.96. The van der Waals surface area contributed by atoms with E-state index in [1.807, 2.05) is 24.3 Å². The predicted molar refractivity (Wildman–Crippen MR) is 80.3 cm³/mol. The van der Waals surface area contributed by atoms with Gasteiger partial charge in [-0.25, -0.2) is 9.97 Å². The molecule has 0 radical (unpaired) electrons. The number of halogens is 1. The van der Waals surface area contributed by atoms with Crippen molar-refractivity contribution in [2.75, 3.05) is 5.32 Å². The molecule has 18 heavy (non-hydrogen) atoms. The maximum absolute atomic E-state index is 4.37. The van der Waals surface area contributed by atoms with E-state index in [1.165, 1.54) is 9.75 Å². The van der Waals surface area contributed by atoms with Gasteiger partial charge in [-0.1, -0.05) is 0 Å². The van der Waals surface area contributed by atoms with Crippen molar-refractivity contribution in [2.45, 2.75) is 33.2 Å². The van der Waals surface area contributed by atoms with Crippen LogP contribution in [0.3, 0.4) is 0 Å². The van der Waals surface area contributed by atoms with Gasteiger partial charge in [-0.3, -0.25) is 0 Å². The molecule has 2 aromatic rings. The van der Waals surface area contributed by atoms with Crippen LogP contribution in [0, 0.1) is 13.8 Å². The number of thiophene rings is 1. The van der Waals surface area contributed by atoms with Crippen molar-refractivity contribution in [3.05, 3.63) is 38.4 Å². The zero-order valence-electron chi connectivity index (χ0n) is 10.7. The lowest BCUT2D eigenvalue weighted by atomic mass is 10.2. The van der Waals surface area contributed by atoms with Crippen LogP contribution in [0.25, 0.3) is 0 Å². The number of anilines is 1. The van der Waals surface area contributed by atoms with E-state index in [0.29, 0.717) is 6.04 Å². The van der Waals surface area contributed by atoms with Crippen LogP contribution in [-0.4, -0.2) is 16.0 Å². The Kier molecular flexibility index (Phi) is 4.35. The minimum Gasteiger partial charge on any atom is -0.367 e. The molecular formula is C13H16BrN3S. The largest absolute Gasteiger partial charge is 0.367 e. The summed E-state index contributed by atoms with van der Waals surface area (Å²) in [5.41, 5.74) is 0. The highest BCUT2D eigenvalue weighted by Gasteiger charge is 2.07. The van der Waals surface area contributed by atoms with Crippen molar-refractivity contribution in [1.82, 2.24) is 9.97 Å². The molecule has 3 nitrogen and oxygen atoms in total. The zero-order chi connectivity index (χ0) is 13.1. The molecule has 0 amide bonds. The van der Waals surface area contributed by atoms with Crippen molar-refractivity contribution in [3.8, 4) is 0 Å². The zero-order valence-corrected chi connectivity index (χ0v) is 13.1. The van der Waals surface area contributed by atoms with Gasteiger partial charge in [-0.2, -0.15) is 0 Å². The second-order valence-corrected chi connectivity index (χ2v) is 6.57. The minimum absolute atomic E-state index is 0.351. The molecule has 0 fully saturated rings. The van der Waals surface area contributed by atoms with E-state index in [0.717, 1.165) is 22.7 Å². The fourth-order valence-electron chi connectivity index (χ4n) is 1.81. The van der Waals surface area contributed by atoms with Crippen molar-refractivity contribution >= 4 is 33.1 Å². The van der Waals surface area contributed by atoms with Crippen LogP contribution in [0.5, 0.6) is 0 Å². The van der Waals surface area contributed by atoms with Gasteiger partial charge in [-0.05, 0) is 48.8 Å². The van der Waals surface area contributed by atoms with Crippen molar-refractivity contribution < 1.29 is 0 Å². The summed E-state index contributed by atoms with van der Waals surface area (Å²) in [7, 11) is 0. The van der Waals surface area contributed by atoms with Crippen molar-refractivity contribution in [3.63, 3.8) is 0 Å². The average molecular weight is 326 g/mol. The van der Waals surface area contributed by atoms with E-state index in [-0.39, 0.29) is 0 Å². The van der Waals surface area contributed by atoms with Gasteiger partial charge < -0.3 is 5.32 Å². The Morgan fingerprint density at radius 1 is 1.33 bits per heavy atom. The Morgan fingerprint density at radius 3 is 2.72 bits per heavy atom. The van der Waals surface area contributed by atoms with E-state index >= 15 is 0 Å². The molecule has 0 aliphatic carbocycles. The highest BCUT2D eigenvalue weighted by Crippen LogP contribution is 2.19. The molecule has 5 heteroatoms. The highest BCUT2D eigenvalue weighted by atomic mass is 79.9. The summed E-state index contributed by atoms with van der Waals surface area (Å²) in [4.78, 5) is 11.3. The van der Waals surface area contributed by atoms with Gasteiger partial charge >= 0.3 is 0 Å². The topological polar surface area (TPSA) is 37.8 Å². The summed E-state index contributed by atoms with van der Waals surface area (Å²) < 4.78 is 0.816.